The van der Waals surface area contributed by atoms with Gasteiger partial charge in [-0.2, -0.15) is 0 Å². The Morgan fingerprint density at radius 1 is 1.58 bits per heavy atom. The summed E-state index contributed by atoms with van der Waals surface area (Å²) in [6.07, 6.45) is 0.624. The summed E-state index contributed by atoms with van der Waals surface area (Å²) in [6.45, 7) is 0. The van der Waals surface area contributed by atoms with Crippen LogP contribution in [-0.2, 0) is 22.5 Å². The molecule has 1 aliphatic rings. The van der Waals surface area contributed by atoms with E-state index in [0.717, 1.165) is 0 Å². The van der Waals surface area contributed by atoms with Crippen molar-refractivity contribution >= 4 is 39.0 Å². The average Bonchev–Trinajstić information content (AvgIpc) is 2.08. The number of hydrogen-bond acceptors (Lipinski definition) is 4. The molecule has 0 radical (unpaired) electrons. The van der Waals surface area contributed by atoms with Gasteiger partial charge in [-0.1, -0.05) is 4.32 Å². The topological polar surface area (TPSA) is 46.2 Å². The molecule has 0 aromatic carbocycles. The molecule has 0 spiro atoms. The zero-order chi connectivity index (χ0) is 8.48. The second-order valence-electron chi connectivity index (χ2n) is 2.53. The third kappa shape index (κ3) is 4.34. The zero-order valence-electron chi connectivity index (χ0n) is 6.74. The number of thiocarbonyl (C=S) groups is 1. The fourth-order valence-corrected chi connectivity index (χ4v) is 3.08. The standard InChI is InChI=1S/C5H9NO2S3.Na/c7-11(8)2-1-4(3-11)6-5(9)10;/h4H,1-3H2,(H2,6,9,10);/q;+1/p-1. The van der Waals surface area contributed by atoms with E-state index in [2.05, 4.69) is 30.2 Å². The molecule has 3 nitrogen and oxygen atoms in total. The summed E-state index contributed by atoms with van der Waals surface area (Å²) in [5, 5.41) is 2.76. The van der Waals surface area contributed by atoms with Crippen LogP contribution in [0.25, 0.3) is 0 Å². The molecule has 1 heterocycles. The van der Waals surface area contributed by atoms with Gasteiger partial charge in [-0.05, 0) is 6.42 Å². The van der Waals surface area contributed by atoms with Crippen molar-refractivity contribution < 1.29 is 38.0 Å². The van der Waals surface area contributed by atoms with Crippen molar-refractivity contribution in [2.45, 2.75) is 12.5 Å². The van der Waals surface area contributed by atoms with Gasteiger partial charge in [0.15, 0.2) is 9.84 Å². The first kappa shape index (κ1) is 13.1. The molecule has 0 aromatic heterocycles. The minimum atomic E-state index is -2.81. The molecular formula is C5H8NNaO2S3. The van der Waals surface area contributed by atoms with Crippen LogP contribution < -0.4 is 34.9 Å². The molecule has 0 aliphatic carbocycles. The van der Waals surface area contributed by atoms with Crippen LogP contribution in [0.3, 0.4) is 0 Å². The predicted molar refractivity (Wildman–Crippen MR) is 50.2 cm³/mol. The third-order valence-electron chi connectivity index (χ3n) is 1.55. The smallest absolute Gasteiger partial charge is 0.412 e. The minimum Gasteiger partial charge on any atom is -0.412 e. The van der Waals surface area contributed by atoms with E-state index in [1.807, 2.05) is 0 Å². The number of hydrogen-bond donors (Lipinski definition) is 1. The van der Waals surface area contributed by atoms with E-state index in [4.69, 9.17) is 0 Å². The maximum Gasteiger partial charge on any atom is 1.00 e. The summed E-state index contributed by atoms with van der Waals surface area (Å²) in [7, 11) is -2.81. The van der Waals surface area contributed by atoms with Crippen molar-refractivity contribution in [2.24, 2.45) is 0 Å². The third-order valence-corrected chi connectivity index (χ3v) is 3.56. The molecule has 1 rings (SSSR count). The molecule has 12 heavy (non-hydrogen) atoms. The molecule has 1 aliphatic heterocycles. The number of nitrogens with one attached hydrogen (secondary N) is 1. The van der Waals surface area contributed by atoms with Crippen molar-refractivity contribution in [3.05, 3.63) is 0 Å². The quantitative estimate of drug-likeness (QED) is 0.291. The Bertz CT molecular complexity index is 264. The SMILES string of the molecule is O=S1(=O)CCC(NC(=S)[S-])C1.[Na+]. The van der Waals surface area contributed by atoms with Crippen molar-refractivity contribution in [3.63, 3.8) is 0 Å². The minimum absolute atomic E-state index is 0. The predicted octanol–water partition coefficient (Wildman–Crippen LogP) is -3.40. The van der Waals surface area contributed by atoms with Gasteiger partial charge in [0, 0.05) is 6.04 Å². The van der Waals surface area contributed by atoms with Crippen LogP contribution in [0.2, 0.25) is 0 Å². The first-order valence-corrected chi connectivity index (χ1v) is 5.81. The fraction of sp³-hybridized carbons (Fsp3) is 0.800. The van der Waals surface area contributed by atoms with Crippen LogP contribution in [0.4, 0.5) is 0 Å². The van der Waals surface area contributed by atoms with E-state index < -0.39 is 9.84 Å². The van der Waals surface area contributed by atoms with E-state index in [1.165, 1.54) is 0 Å². The number of rotatable bonds is 1. The van der Waals surface area contributed by atoms with Crippen molar-refractivity contribution in [1.29, 1.82) is 0 Å². The summed E-state index contributed by atoms with van der Waals surface area (Å²) in [4.78, 5) is 0. The molecular weight excluding hydrogens is 225 g/mol. The maximum atomic E-state index is 10.9. The Hall–Kier alpha value is 1.06. The maximum absolute atomic E-state index is 10.9. The first-order chi connectivity index (χ1) is 4.99. The summed E-state index contributed by atoms with van der Waals surface area (Å²) in [6, 6.07) is -0.0509. The Morgan fingerprint density at radius 2 is 2.17 bits per heavy atom. The monoisotopic (exact) mass is 233 g/mol. The summed E-state index contributed by atoms with van der Waals surface area (Å²) < 4.78 is 22.1. The molecule has 1 atom stereocenters. The van der Waals surface area contributed by atoms with E-state index in [-0.39, 0.29) is 51.4 Å². The fourth-order valence-electron chi connectivity index (χ4n) is 1.08. The van der Waals surface area contributed by atoms with E-state index in [9.17, 15) is 8.42 Å². The van der Waals surface area contributed by atoms with Crippen molar-refractivity contribution in [2.75, 3.05) is 11.5 Å². The van der Waals surface area contributed by atoms with Crippen LogP contribution >= 0.6 is 12.2 Å². The molecule has 1 fully saturated rings. The number of sulfone groups is 1. The second-order valence-corrected chi connectivity index (χ2v) is 5.84. The largest absolute Gasteiger partial charge is 1.00 e. The van der Waals surface area contributed by atoms with Crippen LogP contribution in [0, 0.1) is 0 Å². The molecule has 1 saturated heterocycles. The van der Waals surface area contributed by atoms with Gasteiger partial charge >= 0.3 is 29.6 Å². The van der Waals surface area contributed by atoms with Crippen LogP contribution in [0.5, 0.6) is 0 Å². The van der Waals surface area contributed by atoms with Crippen LogP contribution in [0.15, 0.2) is 0 Å². The van der Waals surface area contributed by atoms with Crippen molar-refractivity contribution in [1.82, 2.24) is 5.32 Å². The van der Waals surface area contributed by atoms with Gasteiger partial charge in [-0.25, -0.2) is 8.42 Å². The molecule has 0 bridgehead atoms. The van der Waals surface area contributed by atoms with Gasteiger partial charge in [-0.3, -0.25) is 0 Å². The van der Waals surface area contributed by atoms with Gasteiger partial charge < -0.3 is 30.2 Å². The van der Waals surface area contributed by atoms with E-state index in [1.54, 1.807) is 0 Å². The molecule has 1 N–H and O–H groups in total. The van der Waals surface area contributed by atoms with E-state index in [0.29, 0.717) is 6.42 Å². The van der Waals surface area contributed by atoms with Gasteiger partial charge in [0.05, 0.1) is 11.5 Å². The normalized spacial score (nSPS) is 25.8. The molecule has 0 aromatic rings. The van der Waals surface area contributed by atoms with Crippen molar-refractivity contribution in [3.8, 4) is 0 Å². The second kappa shape index (κ2) is 5.07. The van der Waals surface area contributed by atoms with Crippen LogP contribution in [0.1, 0.15) is 6.42 Å². The summed E-state index contributed by atoms with van der Waals surface area (Å²) in [5.41, 5.74) is 0. The first-order valence-electron chi connectivity index (χ1n) is 3.17. The Balaban J connectivity index is 0.00000121. The molecule has 7 heteroatoms. The van der Waals surface area contributed by atoms with E-state index >= 15 is 0 Å². The summed E-state index contributed by atoms with van der Waals surface area (Å²) >= 11 is 9.23. The van der Waals surface area contributed by atoms with Gasteiger partial charge in [0.1, 0.15) is 0 Å². The van der Waals surface area contributed by atoms with Gasteiger partial charge in [-0.15, -0.1) is 0 Å². The Kier molecular flexibility index (Phi) is 5.52. The van der Waals surface area contributed by atoms with Gasteiger partial charge in [0.25, 0.3) is 0 Å². The molecule has 0 amide bonds. The molecule has 0 saturated carbocycles. The van der Waals surface area contributed by atoms with Gasteiger partial charge in [0.2, 0.25) is 0 Å². The molecule has 64 valence electrons. The van der Waals surface area contributed by atoms with Crippen LogP contribution in [-0.4, -0.2) is 30.3 Å². The zero-order valence-corrected chi connectivity index (χ0v) is 11.2. The molecule has 1 unspecified atom stereocenters. The summed E-state index contributed by atoms with van der Waals surface area (Å²) in [5.74, 6) is 0.423. The Labute approximate surface area is 105 Å². The average molecular weight is 233 g/mol. The Morgan fingerprint density at radius 3 is 2.50 bits per heavy atom.